The number of anilines is 1. The second kappa shape index (κ2) is 7.89. The zero-order valence-electron chi connectivity index (χ0n) is 14.2. The van der Waals surface area contributed by atoms with E-state index in [4.69, 9.17) is 4.74 Å². The van der Waals surface area contributed by atoms with E-state index in [1.54, 1.807) is 24.1 Å². The molecule has 0 aromatic carbocycles. The highest BCUT2D eigenvalue weighted by atomic mass is 32.1. The van der Waals surface area contributed by atoms with E-state index < -0.39 is 0 Å². The molecule has 1 aliphatic rings. The van der Waals surface area contributed by atoms with Gasteiger partial charge in [-0.3, -0.25) is 4.79 Å². The molecule has 8 heteroatoms. The maximum atomic E-state index is 12.1. The lowest BCUT2D eigenvalue weighted by Gasteiger charge is -2.25. The van der Waals surface area contributed by atoms with Gasteiger partial charge in [0, 0.05) is 29.4 Å². The zero-order chi connectivity index (χ0) is 18.5. The van der Waals surface area contributed by atoms with E-state index in [-0.39, 0.29) is 12.0 Å². The van der Waals surface area contributed by atoms with Crippen LogP contribution in [0.25, 0.3) is 6.08 Å². The van der Waals surface area contributed by atoms with Gasteiger partial charge in [-0.1, -0.05) is 0 Å². The number of thiophene rings is 1. The second-order valence-corrected chi connectivity index (χ2v) is 6.74. The predicted molar refractivity (Wildman–Crippen MR) is 98.6 cm³/mol. The first-order valence-electron chi connectivity index (χ1n) is 8.21. The Morgan fingerprint density at radius 2 is 2.38 bits per heavy atom. The number of carbonyl (C=O) groups is 2. The maximum absolute atomic E-state index is 12.1. The van der Waals surface area contributed by atoms with Crippen molar-refractivity contribution in [1.82, 2.24) is 9.88 Å². The Bertz CT molecular complexity index is 877. The topological polar surface area (TPSA) is 98.2 Å². The molecular weight excluding hydrogens is 352 g/mol. The molecule has 0 atom stereocenters. The summed E-state index contributed by atoms with van der Waals surface area (Å²) in [7, 11) is 0. The molecule has 0 fully saturated rings. The fourth-order valence-electron chi connectivity index (χ4n) is 2.75. The first kappa shape index (κ1) is 17.8. The van der Waals surface area contributed by atoms with Crippen molar-refractivity contribution in [2.75, 3.05) is 18.5 Å². The number of H-pyrrole nitrogens is 1. The highest BCUT2D eigenvalue weighted by molar-refractivity contribution is 7.16. The first-order valence-corrected chi connectivity index (χ1v) is 9.02. The zero-order valence-corrected chi connectivity index (χ0v) is 15.1. The Labute approximate surface area is 154 Å². The van der Waals surface area contributed by atoms with Crippen LogP contribution in [0, 0.1) is 11.3 Å². The maximum Gasteiger partial charge on any atom is 0.410 e. The van der Waals surface area contributed by atoms with Crippen molar-refractivity contribution in [3.8, 4) is 6.07 Å². The van der Waals surface area contributed by atoms with Crippen molar-refractivity contribution >= 4 is 34.4 Å². The number of hydrogen-bond donors (Lipinski definition) is 2. The number of rotatable bonds is 4. The number of nitrogens with zero attached hydrogens (tertiary/aromatic N) is 2. The van der Waals surface area contributed by atoms with Gasteiger partial charge in [0.05, 0.1) is 18.7 Å². The Hall–Kier alpha value is -3.05. The highest BCUT2D eigenvalue weighted by Gasteiger charge is 2.27. The molecule has 0 bridgehead atoms. The lowest BCUT2D eigenvalue weighted by molar-refractivity contribution is -0.111. The predicted octanol–water partition coefficient (Wildman–Crippen LogP) is 3.11. The average Bonchev–Trinajstić information content (AvgIpc) is 3.26. The average molecular weight is 370 g/mol. The van der Waals surface area contributed by atoms with Crippen molar-refractivity contribution in [3.63, 3.8) is 0 Å². The molecule has 2 aromatic rings. The number of ether oxygens (including phenoxy) is 1. The number of hydrogen-bond acceptors (Lipinski definition) is 5. The fourth-order valence-corrected chi connectivity index (χ4v) is 3.96. The molecule has 0 aliphatic carbocycles. The Kier molecular flexibility index (Phi) is 5.39. The van der Waals surface area contributed by atoms with Crippen LogP contribution in [0.3, 0.4) is 0 Å². The van der Waals surface area contributed by atoms with Crippen LogP contribution in [0.5, 0.6) is 0 Å². The summed E-state index contributed by atoms with van der Waals surface area (Å²) in [5.74, 6) is -0.308. The molecule has 3 heterocycles. The van der Waals surface area contributed by atoms with Crippen molar-refractivity contribution < 1.29 is 14.3 Å². The number of amides is 2. The van der Waals surface area contributed by atoms with Gasteiger partial charge in [-0.15, -0.1) is 11.3 Å². The lowest BCUT2D eigenvalue weighted by atomic mass is 10.0. The minimum Gasteiger partial charge on any atom is -0.450 e. The van der Waals surface area contributed by atoms with Crippen LogP contribution < -0.4 is 5.32 Å². The third-order valence-electron chi connectivity index (χ3n) is 3.97. The van der Waals surface area contributed by atoms with Crippen LogP contribution in [0.15, 0.2) is 24.4 Å². The van der Waals surface area contributed by atoms with E-state index in [2.05, 4.69) is 16.4 Å². The molecule has 2 aromatic heterocycles. The standard InChI is InChI=1S/C18H18N4O3S/c1-2-25-18(24)22-9-7-13-14(10-19)17(26-15(13)11-22)21-16(23)6-5-12-4-3-8-20-12/h3-6,8,20H,2,7,9,11H2,1H3,(H,21,23)/b6-5+. The molecule has 0 radical (unpaired) electrons. The van der Waals surface area contributed by atoms with Crippen LogP contribution in [0.2, 0.25) is 0 Å². The van der Waals surface area contributed by atoms with E-state index >= 15 is 0 Å². The van der Waals surface area contributed by atoms with E-state index in [1.165, 1.54) is 17.4 Å². The number of aromatic amines is 1. The normalized spacial score (nSPS) is 13.3. The molecule has 0 unspecified atom stereocenters. The van der Waals surface area contributed by atoms with Gasteiger partial charge in [-0.05, 0) is 37.1 Å². The first-order chi connectivity index (χ1) is 12.6. The molecule has 26 heavy (non-hydrogen) atoms. The van der Waals surface area contributed by atoms with Gasteiger partial charge in [-0.2, -0.15) is 5.26 Å². The molecule has 134 valence electrons. The van der Waals surface area contributed by atoms with Crippen LogP contribution in [0.1, 0.15) is 28.6 Å². The summed E-state index contributed by atoms with van der Waals surface area (Å²) >= 11 is 1.33. The number of fused-ring (bicyclic) bond motifs is 1. The molecule has 3 rings (SSSR count). The van der Waals surface area contributed by atoms with Crippen LogP contribution in [-0.4, -0.2) is 35.0 Å². The van der Waals surface area contributed by atoms with Gasteiger partial charge >= 0.3 is 6.09 Å². The molecule has 0 spiro atoms. The molecular formula is C18H18N4O3S. The van der Waals surface area contributed by atoms with Crippen LogP contribution in [0.4, 0.5) is 9.80 Å². The summed E-state index contributed by atoms with van der Waals surface area (Å²) < 4.78 is 5.04. The monoisotopic (exact) mass is 370 g/mol. The summed E-state index contributed by atoms with van der Waals surface area (Å²) in [6, 6.07) is 5.87. The minimum absolute atomic E-state index is 0.308. The van der Waals surface area contributed by atoms with E-state index in [1.807, 2.05) is 12.1 Å². The molecule has 1 aliphatic heterocycles. The molecule has 2 N–H and O–H groups in total. The lowest BCUT2D eigenvalue weighted by Crippen LogP contribution is -2.35. The summed E-state index contributed by atoms with van der Waals surface area (Å²) in [6.07, 6.45) is 5.06. The summed E-state index contributed by atoms with van der Waals surface area (Å²) in [4.78, 5) is 29.6. The van der Waals surface area contributed by atoms with Gasteiger partial charge in [0.15, 0.2) is 0 Å². The number of aromatic nitrogens is 1. The van der Waals surface area contributed by atoms with Gasteiger partial charge in [0.2, 0.25) is 5.91 Å². The van der Waals surface area contributed by atoms with E-state index in [9.17, 15) is 14.9 Å². The minimum atomic E-state index is -0.357. The van der Waals surface area contributed by atoms with Crippen molar-refractivity contribution in [1.29, 1.82) is 5.26 Å². The third-order valence-corrected chi connectivity index (χ3v) is 5.10. The Balaban J connectivity index is 1.74. The van der Waals surface area contributed by atoms with Gasteiger partial charge in [0.25, 0.3) is 0 Å². The van der Waals surface area contributed by atoms with Crippen LogP contribution >= 0.6 is 11.3 Å². The largest absolute Gasteiger partial charge is 0.450 e. The smallest absolute Gasteiger partial charge is 0.410 e. The Morgan fingerprint density at radius 1 is 1.54 bits per heavy atom. The van der Waals surface area contributed by atoms with Gasteiger partial charge in [-0.25, -0.2) is 4.79 Å². The summed E-state index contributed by atoms with van der Waals surface area (Å²) in [5, 5.41) is 12.8. The highest BCUT2D eigenvalue weighted by Crippen LogP contribution is 2.36. The quantitative estimate of drug-likeness (QED) is 0.808. The van der Waals surface area contributed by atoms with E-state index in [0.717, 1.165) is 16.1 Å². The van der Waals surface area contributed by atoms with Gasteiger partial charge in [0.1, 0.15) is 11.1 Å². The molecule has 7 nitrogen and oxygen atoms in total. The molecule has 0 saturated heterocycles. The number of nitriles is 1. The summed E-state index contributed by atoms with van der Waals surface area (Å²) in [5.41, 5.74) is 2.20. The second-order valence-electron chi connectivity index (χ2n) is 5.64. The summed E-state index contributed by atoms with van der Waals surface area (Å²) in [6.45, 7) is 2.98. The molecule has 0 saturated carbocycles. The number of carbonyl (C=O) groups excluding carboxylic acids is 2. The fraction of sp³-hybridized carbons (Fsp3) is 0.278. The van der Waals surface area contributed by atoms with Gasteiger partial charge < -0.3 is 19.9 Å². The third kappa shape index (κ3) is 3.78. The molecule has 2 amide bonds. The van der Waals surface area contributed by atoms with Crippen molar-refractivity contribution in [2.45, 2.75) is 19.9 Å². The Morgan fingerprint density at radius 3 is 3.08 bits per heavy atom. The van der Waals surface area contributed by atoms with E-state index in [0.29, 0.717) is 36.7 Å². The number of nitrogens with one attached hydrogen (secondary N) is 2. The van der Waals surface area contributed by atoms with Crippen molar-refractivity contribution in [3.05, 3.63) is 46.1 Å². The SMILES string of the molecule is CCOC(=O)N1CCc2c(sc(NC(=O)/C=C/c3ccc[nH]3)c2C#N)C1. The van der Waals surface area contributed by atoms with Crippen molar-refractivity contribution in [2.24, 2.45) is 0 Å². The van der Waals surface area contributed by atoms with Crippen LogP contribution in [-0.2, 0) is 22.5 Å².